The maximum Gasteiger partial charge on any atom is 0.265 e. The Kier molecular flexibility index (Phi) is 3.47. The maximum atomic E-state index is 11.9. The summed E-state index contributed by atoms with van der Waals surface area (Å²) in [7, 11) is -3.83. The molecule has 2 aromatic rings. The Morgan fingerprint density at radius 2 is 2.06 bits per heavy atom. The van der Waals surface area contributed by atoms with E-state index in [-0.39, 0.29) is 21.0 Å². The van der Waals surface area contributed by atoms with Crippen molar-refractivity contribution in [1.29, 1.82) is 0 Å². The van der Waals surface area contributed by atoms with Crippen molar-refractivity contribution in [2.24, 2.45) is 0 Å². The fourth-order valence-electron chi connectivity index (χ4n) is 1.15. The summed E-state index contributed by atoms with van der Waals surface area (Å²) in [5.74, 6) is 0.0126. The minimum Gasteiger partial charge on any atom is -0.338 e. The lowest BCUT2D eigenvalue weighted by molar-refractivity contribution is 0.430. The number of nitrogens with one attached hydrogen (secondary N) is 1. The average Bonchev–Trinajstić information content (AvgIpc) is 2.67. The molecule has 0 aliphatic rings. The molecule has 0 radical (unpaired) electrons. The lowest BCUT2D eigenvalue weighted by Crippen LogP contribution is -2.12. The van der Waals surface area contributed by atoms with Gasteiger partial charge in [0, 0.05) is 12.3 Å². The van der Waals surface area contributed by atoms with E-state index in [0.717, 1.165) is 6.20 Å². The third kappa shape index (κ3) is 2.74. The second kappa shape index (κ2) is 4.75. The smallest absolute Gasteiger partial charge is 0.265 e. The number of pyridine rings is 1. The summed E-state index contributed by atoms with van der Waals surface area (Å²) in [6.45, 7) is 1.67. The van der Waals surface area contributed by atoms with Gasteiger partial charge in [-0.15, -0.1) is 0 Å². The van der Waals surface area contributed by atoms with E-state index < -0.39 is 10.0 Å². The third-order valence-corrected chi connectivity index (χ3v) is 3.94. The molecule has 0 aromatic carbocycles. The molecule has 2 heterocycles. The van der Waals surface area contributed by atoms with Crippen molar-refractivity contribution in [1.82, 2.24) is 10.1 Å². The van der Waals surface area contributed by atoms with Crippen LogP contribution in [0.15, 0.2) is 27.7 Å². The van der Waals surface area contributed by atoms with E-state index in [1.165, 1.54) is 12.1 Å². The zero-order valence-electron chi connectivity index (χ0n) is 9.02. The number of aryl methyl sites for hydroxylation is 1. The van der Waals surface area contributed by atoms with E-state index in [4.69, 9.17) is 27.7 Å². The highest BCUT2D eigenvalue weighted by Gasteiger charge is 2.18. The molecular formula is C9H7Cl2N3O3S. The Morgan fingerprint density at radius 3 is 2.61 bits per heavy atom. The van der Waals surface area contributed by atoms with Crippen molar-refractivity contribution >= 4 is 39.1 Å². The normalized spacial score (nSPS) is 11.5. The number of nitrogens with zero attached hydrogens (tertiary/aromatic N) is 2. The summed E-state index contributed by atoms with van der Waals surface area (Å²) in [4.78, 5) is 3.54. The average molecular weight is 308 g/mol. The van der Waals surface area contributed by atoms with Crippen LogP contribution in [0.2, 0.25) is 10.2 Å². The molecule has 9 heteroatoms. The highest BCUT2D eigenvalue weighted by molar-refractivity contribution is 7.92. The van der Waals surface area contributed by atoms with Gasteiger partial charge in [-0.05, 0) is 13.0 Å². The number of hydrogen-bond donors (Lipinski definition) is 1. The fourth-order valence-corrected chi connectivity index (χ4v) is 2.43. The Balaban J connectivity index is 2.33. The second-order valence-corrected chi connectivity index (χ2v) is 5.83. The van der Waals surface area contributed by atoms with Crippen LogP contribution in [0.1, 0.15) is 5.69 Å². The van der Waals surface area contributed by atoms with Crippen molar-refractivity contribution in [3.05, 3.63) is 34.2 Å². The first-order chi connectivity index (χ1) is 8.38. The van der Waals surface area contributed by atoms with Gasteiger partial charge >= 0.3 is 0 Å². The number of aromatic nitrogens is 2. The molecule has 18 heavy (non-hydrogen) atoms. The lowest BCUT2D eigenvalue weighted by Gasteiger charge is -2.04. The molecule has 0 spiro atoms. The molecule has 0 fully saturated rings. The van der Waals surface area contributed by atoms with Gasteiger partial charge in [-0.25, -0.2) is 18.1 Å². The Bertz CT molecular complexity index is 684. The summed E-state index contributed by atoms with van der Waals surface area (Å²) in [6.07, 6.45) is 1.10. The molecule has 0 saturated heterocycles. The van der Waals surface area contributed by atoms with Crippen LogP contribution < -0.4 is 4.72 Å². The fraction of sp³-hybridized carbons (Fsp3) is 0.111. The second-order valence-electron chi connectivity index (χ2n) is 3.38. The van der Waals surface area contributed by atoms with E-state index in [9.17, 15) is 8.42 Å². The van der Waals surface area contributed by atoms with E-state index in [2.05, 4.69) is 14.9 Å². The van der Waals surface area contributed by atoms with E-state index >= 15 is 0 Å². The summed E-state index contributed by atoms with van der Waals surface area (Å²) >= 11 is 11.3. The molecule has 0 unspecified atom stereocenters. The van der Waals surface area contributed by atoms with Crippen LogP contribution in [0.3, 0.4) is 0 Å². The van der Waals surface area contributed by atoms with Gasteiger partial charge in [0.15, 0.2) is 0 Å². The van der Waals surface area contributed by atoms with Gasteiger partial charge < -0.3 is 4.52 Å². The monoisotopic (exact) mass is 307 g/mol. The summed E-state index contributed by atoms with van der Waals surface area (Å²) in [5.41, 5.74) is 0.556. The van der Waals surface area contributed by atoms with E-state index in [0.29, 0.717) is 5.69 Å². The van der Waals surface area contributed by atoms with Gasteiger partial charge in [0.05, 0.1) is 10.7 Å². The first-order valence-electron chi connectivity index (χ1n) is 4.66. The quantitative estimate of drug-likeness (QED) is 0.880. The maximum absolute atomic E-state index is 11.9. The van der Waals surface area contributed by atoms with Crippen molar-refractivity contribution in [2.45, 2.75) is 11.8 Å². The minimum absolute atomic E-state index is 0.0126. The predicted octanol–water partition coefficient (Wildman–Crippen LogP) is 2.49. The molecular weight excluding hydrogens is 301 g/mol. The summed E-state index contributed by atoms with van der Waals surface area (Å²) in [6, 6.07) is 2.64. The molecule has 2 aromatic heterocycles. The number of hydrogen-bond acceptors (Lipinski definition) is 5. The summed E-state index contributed by atoms with van der Waals surface area (Å²) in [5, 5.41) is 3.64. The first-order valence-corrected chi connectivity index (χ1v) is 6.89. The highest BCUT2D eigenvalue weighted by Crippen LogP contribution is 2.23. The third-order valence-electron chi connectivity index (χ3n) is 1.94. The number of rotatable bonds is 3. The molecule has 96 valence electrons. The Labute approximate surface area is 113 Å². The van der Waals surface area contributed by atoms with E-state index in [1.807, 2.05) is 0 Å². The van der Waals surface area contributed by atoms with Gasteiger partial charge in [-0.2, -0.15) is 0 Å². The van der Waals surface area contributed by atoms with Crippen LogP contribution in [-0.2, 0) is 10.0 Å². The van der Waals surface area contributed by atoms with Gasteiger partial charge in [0.2, 0.25) is 5.88 Å². The summed E-state index contributed by atoms with van der Waals surface area (Å²) < 4.78 is 30.8. The molecule has 0 aliphatic heterocycles. The van der Waals surface area contributed by atoms with Crippen molar-refractivity contribution in [2.75, 3.05) is 4.72 Å². The predicted molar refractivity (Wildman–Crippen MR) is 66.3 cm³/mol. The minimum atomic E-state index is -3.83. The zero-order valence-corrected chi connectivity index (χ0v) is 11.3. The van der Waals surface area contributed by atoms with Crippen molar-refractivity contribution in [3.63, 3.8) is 0 Å². The van der Waals surface area contributed by atoms with E-state index in [1.54, 1.807) is 6.92 Å². The lowest BCUT2D eigenvalue weighted by atomic mass is 10.5. The van der Waals surface area contributed by atoms with Crippen molar-refractivity contribution in [3.8, 4) is 0 Å². The van der Waals surface area contributed by atoms with Crippen molar-refractivity contribution < 1.29 is 12.9 Å². The molecule has 0 bridgehead atoms. The first kappa shape index (κ1) is 13.1. The molecule has 0 amide bonds. The molecule has 2 rings (SSSR count). The van der Waals surface area contributed by atoms with Crippen LogP contribution in [0, 0.1) is 6.92 Å². The molecule has 1 N–H and O–H groups in total. The molecule has 6 nitrogen and oxygen atoms in total. The largest absolute Gasteiger partial charge is 0.338 e. The molecule has 0 aliphatic carbocycles. The Morgan fingerprint density at radius 1 is 1.33 bits per heavy atom. The Hall–Kier alpha value is -1.31. The van der Waals surface area contributed by atoms with Crippen LogP contribution >= 0.6 is 23.2 Å². The number of sulfonamides is 1. The van der Waals surface area contributed by atoms with Gasteiger partial charge in [-0.3, -0.25) is 0 Å². The van der Waals surface area contributed by atoms with Gasteiger partial charge in [0.1, 0.15) is 10.0 Å². The van der Waals surface area contributed by atoms with Gasteiger partial charge in [-0.1, -0.05) is 28.4 Å². The molecule has 0 atom stereocenters. The van der Waals surface area contributed by atoms with Crippen LogP contribution in [0.4, 0.5) is 5.88 Å². The number of anilines is 1. The van der Waals surface area contributed by atoms with Crippen LogP contribution in [0.25, 0.3) is 0 Å². The zero-order chi connectivity index (χ0) is 13.3. The standard InChI is InChI=1S/C9H7Cl2N3O3S/c1-5-2-8(17-13-5)14-18(15,16)6-3-7(10)9(11)12-4-6/h2-4,14H,1H3. The van der Waals surface area contributed by atoms with Gasteiger partial charge in [0.25, 0.3) is 10.0 Å². The number of halogens is 2. The SMILES string of the molecule is Cc1cc(NS(=O)(=O)c2cnc(Cl)c(Cl)c2)on1. The van der Waals surface area contributed by atoms with Crippen LogP contribution in [0.5, 0.6) is 0 Å². The molecule has 0 saturated carbocycles. The highest BCUT2D eigenvalue weighted by atomic mass is 35.5. The topological polar surface area (TPSA) is 85.1 Å². The van der Waals surface area contributed by atoms with Crippen LogP contribution in [-0.4, -0.2) is 18.6 Å².